The van der Waals surface area contributed by atoms with Crippen molar-refractivity contribution < 1.29 is 4.79 Å². The maximum atomic E-state index is 13.5. The summed E-state index contributed by atoms with van der Waals surface area (Å²) in [5.74, 6) is 0.0781. The smallest absolute Gasteiger partial charge is 0.258 e. The number of rotatable bonds is 4. The summed E-state index contributed by atoms with van der Waals surface area (Å²) in [5.41, 5.74) is 9.04. The van der Waals surface area contributed by atoms with Crippen LogP contribution in [0.3, 0.4) is 0 Å². The van der Waals surface area contributed by atoms with E-state index in [0.29, 0.717) is 0 Å². The number of fused-ring (bicyclic) bond motifs is 2. The highest BCUT2D eigenvalue weighted by Gasteiger charge is 2.41. The summed E-state index contributed by atoms with van der Waals surface area (Å²) in [6, 6.07) is 33.9. The van der Waals surface area contributed by atoms with Crippen LogP contribution >= 0.6 is 0 Å². The molecule has 0 spiro atoms. The number of hydrogen-bond acceptors (Lipinski definition) is 2. The van der Waals surface area contributed by atoms with Crippen molar-refractivity contribution in [1.29, 1.82) is 0 Å². The standard InChI is InChI=1S/C32H30N2O/c1-2-23-10-3-6-14-28(23)32(22-26-12-4-7-15-29(26)33-32)27-19-17-25(18-20-27)31(35)34-21-9-13-24-11-5-8-16-30(24)34/h3-8,10-12,14-20,33H,2,9,13,21-22H2,1H3. The predicted octanol–water partition coefficient (Wildman–Crippen LogP) is 6.75. The Morgan fingerprint density at radius 2 is 1.57 bits per heavy atom. The Balaban J connectivity index is 1.39. The molecular formula is C32H30N2O. The van der Waals surface area contributed by atoms with Crippen LogP contribution < -0.4 is 10.2 Å². The van der Waals surface area contributed by atoms with Crippen molar-refractivity contribution in [2.24, 2.45) is 0 Å². The first kappa shape index (κ1) is 21.7. The zero-order valence-electron chi connectivity index (χ0n) is 20.1. The van der Waals surface area contributed by atoms with Crippen LogP contribution in [0.4, 0.5) is 11.4 Å². The minimum absolute atomic E-state index is 0.0781. The van der Waals surface area contributed by atoms with E-state index in [1.165, 1.54) is 33.5 Å². The van der Waals surface area contributed by atoms with E-state index in [1.54, 1.807) is 0 Å². The van der Waals surface area contributed by atoms with Crippen molar-refractivity contribution in [3.05, 3.63) is 130 Å². The molecule has 1 unspecified atom stereocenters. The van der Waals surface area contributed by atoms with Crippen LogP contribution in [-0.2, 0) is 24.8 Å². The number of carbonyl (C=O) groups is 1. The summed E-state index contributed by atoms with van der Waals surface area (Å²) in [7, 11) is 0. The Morgan fingerprint density at radius 3 is 2.37 bits per heavy atom. The van der Waals surface area contributed by atoms with Gasteiger partial charge in [0.15, 0.2) is 0 Å². The van der Waals surface area contributed by atoms with Gasteiger partial charge in [-0.2, -0.15) is 0 Å². The summed E-state index contributed by atoms with van der Waals surface area (Å²) in [4.78, 5) is 15.5. The maximum Gasteiger partial charge on any atom is 0.258 e. The first-order chi connectivity index (χ1) is 17.2. The third-order valence-electron chi connectivity index (χ3n) is 7.66. The van der Waals surface area contributed by atoms with Crippen LogP contribution in [0.15, 0.2) is 97.1 Å². The molecule has 0 fully saturated rings. The van der Waals surface area contributed by atoms with Gasteiger partial charge in [-0.25, -0.2) is 0 Å². The van der Waals surface area contributed by atoms with E-state index in [4.69, 9.17) is 0 Å². The van der Waals surface area contributed by atoms with Crippen molar-refractivity contribution in [3.63, 3.8) is 0 Å². The monoisotopic (exact) mass is 458 g/mol. The Morgan fingerprint density at radius 1 is 0.857 bits per heavy atom. The zero-order chi connectivity index (χ0) is 23.8. The molecule has 0 saturated carbocycles. The van der Waals surface area contributed by atoms with E-state index in [-0.39, 0.29) is 11.4 Å². The van der Waals surface area contributed by atoms with Crippen LogP contribution in [-0.4, -0.2) is 12.5 Å². The number of nitrogens with zero attached hydrogens (tertiary/aromatic N) is 1. The van der Waals surface area contributed by atoms with Crippen LogP contribution in [0.5, 0.6) is 0 Å². The van der Waals surface area contributed by atoms with E-state index < -0.39 is 0 Å². The number of aryl methyl sites for hydroxylation is 2. The molecule has 3 nitrogen and oxygen atoms in total. The molecule has 0 bridgehead atoms. The normalized spacial score (nSPS) is 18.5. The molecule has 4 aromatic rings. The van der Waals surface area contributed by atoms with E-state index in [9.17, 15) is 4.79 Å². The molecular weight excluding hydrogens is 428 g/mol. The number of nitrogens with one attached hydrogen (secondary N) is 1. The lowest BCUT2D eigenvalue weighted by molar-refractivity contribution is 0.0985. The van der Waals surface area contributed by atoms with Crippen LogP contribution in [0.2, 0.25) is 0 Å². The van der Waals surface area contributed by atoms with Crippen molar-refractivity contribution in [3.8, 4) is 0 Å². The van der Waals surface area contributed by atoms with E-state index in [0.717, 1.165) is 43.5 Å². The molecule has 6 rings (SSSR count). The molecule has 0 aliphatic carbocycles. The van der Waals surface area contributed by atoms with Crippen molar-refractivity contribution in [1.82, 2.24) is 0 Å². The molecule has 0 radical (unpaired) electrons. The number of benzene rings is 4. The lowest BCUT2D eigenvalue weighted by atomic mass is 9.78. The molecule has 1 N–H and O–H groups in total. The molecule has 35 heavy (non-hydrogen) atoms. The molecule has 0 aromatic heterocycles. The quantitative estimate of drug-likeness (QED) is 0.367. The molecule has 174 valence electrons. The summed E-state index contributed by atoms with van der Waals surface area (Å²) < 4.78 is 0. The van der Waals surface area contributed by atoms with E-state index in [2.05, 4.69) is 91.1 Å². The fraction of sp³-hybridized carbons (Fsp3) is 0.219. The third-order valence-corrected chi connectivity index (χ3v) is 7.66. The highest BCUT2D eigenvalue weighted by Crippen LogP contribution is 2.45. The largest absolute Gasteiger partial charge is 0.371 e. The van der Waals surface area contributed by atoms with Crippen molar-refractivity contribution in [2.75, 3.05) is 16.8 Å². The number of anilines is 2. The van der Waals surface area contributed by atoms with Gasteiger partial charge in [0.25, 0.3) is 5.91 Å². The average Bonchev–Trinajstić information content (AvgIpc) is 3.33. The summed E-state index contributed by atoms with van der Waals surface area (Å²) >= 11 is 0. The highest BCUT2D eigenvalue weighted by atomic mass is 16.2. The summed E-state index contributed by atoms with van der Waals surface area (Å²) in [5, 5.41) is 3.89. The second kappa shape index (κ2) is 8.74. The Labute approximate surface area is 207 Å². The van der Waals surface area contributed by atoms with Gasteiger partial charge in [0.2, 0.25) is 0 Å². The number of carbonyl (C=O) groups excluding carboxylic acids is 1. The fourth-order valence-electron chi connectivity index (χ4n) is 5.89. The van der Waals surface area contributed by atoms with Gasteiger partial charge in [-0.1, -0.05) is 79.7 Å². The number of hydrogen-bond donors (Lipinski definition) is 1. The minimum atomic E-state index is -0.352. The Hall–Kier alpha value is -3.85. The topological polar surface area (TPSA) is 32.3 Å². The van der Waals surface area contributed by atoms with E-state index >= 15 is 0 Å². The molecule has 2 heterocycles. The van der Waals surface area contributed by atoms with Gasteiger partial charge < -0.3 is 10.2 Å². The second-order valence-electron chi connectivity index (χ2n) is 9.64. The molecule has 2 aliphatic heterocycles. The van der Waals surface area contributed by atoms with Gasteiger partial charge in [0.1, 0.15) is 0 Å². The van der Waals surface area contributed by atoms with Gasteiger partial charge in [-0.3, -0.25) is 4.79 Å². The maximum absolute atomic E-state index is 13.5. The highest BCUT2D eigenvalue weighted by molar-refractivity contribution is 6.06. The summed E-state index contributed by atoms with van der Waals surface area (Å²) in [6.45, 7) is 2.98. The lowest BCUT2D eigenvalue weighted by Gasteiger charge is -2.34. The van der Waals surface area contributed by atoms with Gasteiger partial charge in [-0.05, 0) is 71.3 Å². The van der Waals surface area contributed by atoms with E-state index in [1.807, 2.05) is 23.1 Å². The van der Waals surface area contributed by atoms with Gasteiger partial charge in [0, 0.05) is 29.9 Å². The second-order valence-corrected chi connectivity index (χ2v) is 9.64. The molecule has 0 saturated heterocycles. The SMILES string of the molecule is CCc1ccccc1C1(c2ccc(C(=O)N3CCCc4ccccc43)cc2)Cc2ccccc2N1. The molecule has 4 aromatic carbocycles. The first-order valence-corrected chi connectivity index (χ1v) is 12.6. The van der Waals surface area contributed by atoms with Gasteiger partial charge in [-0.15, -0.1) is 0 Å². The zero-order valence-corrected chi connectivity index (χ0v) is 20.1. The third kappa shape index (κ3) is 3.63. The Bertz CT molecular complexity index is 1360. The number of amides is 1. The number of para-hydroxylation sites is 2. The van der Waals surface area contributed by atoms with Gasteiger partial charge in [0.05, 0.1) is 5.54 Å². The molecule has 2 aliphatic rings. The van der Waals surface area contributed by atoms with Crippen LogP contribution in [0.1, 0.15) is 51.5 Å². The average molecular weight is 459 g/mol. The Kier molecular flexibility index (Phi) is 5.41. The van der Waals surface area contributed by atoms with Crippen molar-refractivity contribution in [2.45, 2.75) is 38.1 Å². The lowest BCUT2D eigenvalue weighted by Crippen LogP contribution is -2.37. The van der Waals surface area contributed by atoms with Crippen molar-refractivity contribution >= 4 is 17.3 Å². The molecule has 1 amide bonds. The first-order valence-electron chi connectivity index (χ1n) is 12.6. The molecule has 1 atom stereocenters. The minimum Gasteiger partial charge on any atom is -0.371 e. The summed E-state index contributed by atoms with van der Waals surface area (Å²) in [6.07, 6.45) is 3.89. The fourth-order valence-corrected chi connectivity index (χ4v) is 5.89. The van der Waals surface area contributed by atoms with Crippen LogP contribution in [0, 0.1) is 0 Å². The van der Waals surface area contributed by atoms with Crippen LogP contribution in [0.25, 0.3) is 0 Å². The predicted molar refractivity (Wildman–Crippen MR) is 143 cm³/mol. The molecule has 3 heteroatoms. The van der Waals surface area contributed by atoms with Gasteiger partial charge >= 0.3 is 0 Å².